The van der Waals surface area contributed by atoms with Crippen LogP contribution in [0.4, 0.5) is 0 Å². The van der Waals surface area contributed by atoms with Crippen LogP contribution in [0.25, 0.3) is 0 Å². The van der Waals surface area contributed by atoms with Crippen molar-refractivity contribution in [2.75, 3.05) is 19.8 Å². The number of aromatic nitrogens is 1. The number of nitrogens with zero attached hydrogens (tertiary/aromatic N) is 1. The second kappa shape index (κ2) is 7.65. The topological polar surface area (TPSA) is 31.4 Å². The first-order valence-corrected chi connectivity index (χ1v) is 5.94. The van der Waals surface area contributed by atoms with Crippen LogP contribution in [0.3, 0.4) is 0 Å². The summed E-state index contributed by atoms with van der Waals surface area (Å²) in [6.45, 7) is 4.18. The Bertz CT molecular complexity index is 264. The Kier molecular flexibility index (Phi) is 6.36. The van der Waals surface area contributed by atoms with E-state index in [0.717, 1.165) is 29.8 Å². The molecule has 0 bridgehead atoms. The molecule has 1 aromatic heterocycles. The van der Waals surface area contributed by atoms with E-state index in [2.05, 4.69) is 27.8 Å². The van der Waals surface area contributed by atoms with E-state index in [1.54, 1.807) is 6.20 Å². The van der Waals surface area contributed by atoms with E-state index < -0.39 is 0 Å². The summed E-state index contributed by atoms with van der Waals surface area (Å²) in [4.78, 5) is 4.06. The predicted molar refractivity (Wildman–Crippen MR) is 63.2 cm³/mol. The molecular weight excluding hydrogens is 258 g/mol. The SMILES string of the molecule is CCCCOCCOc1ccc(Br)nc1. The third kappa shape index (κ3) is 5.74. The molecule has 0 fully saturated rings. The number of unbranched alkanes of at least 4 members (excludes halogenated alkanes) is 1. The largest absolute Gasteiger partial charge is 0.490 e. The van der Waals surface area contributed by atoms with Crippen molar-refractivity contribution >= 4 is 15.9 Å². The van der Waals surface area contributed by atoms with Gasteiger partial charge in [-0.1, -0.05) is 13.3 Å². The van der Waals surface area contributed by atoms with E-state index in [9.17, 15) is 0 Å². The van der Waals surface area contributed by atoms with Crippen LogP contribution in [0.5, 0.6) is 5.75 Å². The first-order chi connectivity index (χ1) is 7.33. The normalized spacial score (nSPS) is 10.3. The van der Waals surface area contributed by atoms with Crippen LogP contribution < -0.4 is 4.74 Å². The van der Waals surface area contributed by atoms with Gasteiger partial charge in [-0.3, -0.25) is 0 Å². The Balaban J connectivity index is 2.07. The summed E-state index contributed by atoms with van der Waals surface area (Å²) in [6, 6.07) is 3.73. The predicted octanol–water partition coefficient (Wildman–Crippen LogP) is 3.04. The molecule has 15 heavy (non-hydrogen) atoms. The molecule has 0 saturated heterocycles. The van der Waals surface area contributed by atoms with Crippen molar-refractivity contribution in [3.8, 4) is 5.75 Å². The lowest BCUT2D eigenvalue weighted by atomic mass is 10.4. The average molecular weight is 274 g/mol. The Morgan fingerprint density at radius 2 is 2.13 bits per heavy atom. The molecule has 84 valence electrons. The second-order valence-electron chi connectivity index (χ2n) is 3.13. The van der Waals surface area contributed by atoms with E-state index in [-0.39, 0.29) is 0 Å². The van der Waals surface area contributed by atoms with Gasteiger partial charge in [-0.15, -0.1) is 0 Å². The highest BCUT2D eigenvalue weighted by molar-refractivity contribution is 9.10. The van der Waals surface area contributed by atoms with Gasteiger partial charge in [0.15, 0.2) is 0 Å². The van der Waals surface area contributed by atoms with Crippen LogP contribution in [0.1, 0.15) is 19.8 Å². The molecule has 0 aliphatic heterocycles. The molecule has 1 aromatic rings. The molecule has 1 rings (SSSR count). The van der Waals surface area contributed by atoms with Gasteiger partial charge < -0.3 is 9.47 Å². The fraction of sp³-hybridized carbons (Fsp3) is 0.545. The number of ether oxygens (including phenoxy) is 2. The van der Waals surface area contributed by atoms with Gasteiger partial charge >= 0.3 is 0 Å². The molecule has 3 nitrogen and oxygen atoms in total. The molecular formula is C11H16BrNO2. The maximum atomic E-state index is 5.43. The summed E-state index contributed by atoms with van der Waals surface area (Å²) >= 11 is 3.26. The molecule has 0 spiro atoms. The van der Waals surface area contributed by atoms with Gasteiger partial charge in [0.25, 0.3) is 0 Å². The molecule has 0 unspecified atom stereocenters. The summed E-state index contributed by atoms with van der Waals surface area (Å²) in [7, 11) is 0. The van der Waals surface area contributed by atoms with Gasteiger partial charge in [0.05, 0.1) is 12.8 Å². The standard InChI is InChI=1S/C11H16BrNO2/c1-2-3-6-14-7-8-15-10-4-5-11(12)13-9-10/h4-5,9H,2-3,6-8H2,1H3. The van der Waals surface area contributed by atoms with Crippen LogP contribution >= 0.6 is 15.9 Å². The Morgan fingerprint density at radius 1 is 1.27 bits per heavy atom. The van der Waals surface area contributed by atoms with Crippen LogP contribution in [0.2, 0.25) is 0 Å². The fourth-order valence-corrected chi connectivity index (χ4v) is 1.25. The number of rotatable bonds is 7. The van der Waals surface area contributed by atoms with Gasteiger partial charge in [-0.05, 0) is 34.5 Å². The number of hydrogen-bond acceptors (Lipinski definition) is 3. The van der Waals surface area contributed by atoms with Gasteiger partial charge in [0.2, 0.25) is 0 Å². The fourth-order valence-electron chi connectivity index (χ4n) is 1.01. The summed E-state index contributed by atoms with van der Waals surface area (Å²) in [5, 5.41) is 0. The number of hydrogen-bond donors (Lipinski definition) is 0. The molecule has 0 radical (unpaired) electrons. The van der Waals surface area contributed by atoms with E-state index in [4.69, 9.17) is 9.47 Å². The molecule has 0 atom stereocenters. The molecule has 4 heteroatoms. The van der Waals surface area contributed by atoms with Gasteiger partial charge in [-0.2, -0.15) is 0 Å². The van der Waals surface area contributed by atoms with E-state index in [1.165, 1.54) is 0 Å². The minimum atomic E-state index is 0.576. The zero-order valence-electron chi connectivity index (χ0n) is 8.91. The van der Waals surface area contributed by atoms with Crippen LogP contribution in [0.15, 0.2) is 22.9 Å². The van der Waals surface area contributed by atoms with Crippen LogP contribution in [0, 0.1) is 0 Å². The molecule has 0 saturated carbocycles. The number of pyridine rings is 1. The summed E-state index contributed by atoms with van der Waals surface area (Å²) in [5.41, 5.74) is 0. The van der Waals surface area contributed by atoms with Crippen molar-refractivity contribution in [2.45, 2.75) is 19.8 Å². The maximum absolute atomic E-state index is 5.43. The van der Waals surface area contributed by atoms with Crippen LogP contribution in [-0.4, -0.2) is 24.8 Å². The first kappa shape index (κ1) is 12.5. The lowest BCUT2D eigenvalue weighted by Gasteiger charge is -2.06. The quantitative estimate of drug-likeness (QED) is 0.565. The molecule has 0 N–H and O–H groups in total. The Morgan fingerprint density at radius 3 is 2.80 bits per heavy atom. The summed E-state index contributed by atoms with van der Waals surface area (Å²) in [5.74, 6) is 0.775. The van der Waals surface area contributed by atoms with Crippen molar-refractivity contribution in [3.63, 3.8) is 0 Å². The summed E-state index contributed by atoms with van der Waals surface area (Å²) in [6.07, 6.45) is 3.97. The van der Waals surface area contributed by atoms with E-state index >= 15 is 0 Å². The molecule has 0 aromatic carbocycles. The minimum Gasteiger partial charge on any atom is -0.490 e. The Labute approximate surface area is 98.9 Å². The monoisotopic (exact) mass is 273 g/mol. The number of halogens is 1. The van der Waals surface area contributed by atoms with Crippen molar-refractivity contribution in [1.29, 1.82) is 0 Å². The maximum Gasteiger partial charge on any atom is 0.137 e. The van der Waals surface area contributed by atoms with E-state index in [1.807, 2.05) is 12.1 Å². The molecule has 0 aliphatic rings. The van der Waals surface area contributed by atoms with Gasteiger partial charge in [0, 0.05) is 6.61 Å². The highest BCUT2D eigenvalue weighted by atomic mass is 79.9. The third-order valence-corrected chi connectivity index (χ3v) is 2.31. The van der Waals surface area contributed by atoms with Crippen LogP contribution in [-0.2, 0) is 4.74 Å². The summed E-state index contributed by atoms with van der Waals surface area (Å²) < 4.78 is 11.6. The lowest BCUT2D eigenvalue weighted by molar-refractivity contribution is 0.0979. The molecule has 0 amide bonds. The van der Waals surface area contributed by atoms with Crippen molar-refractivity contribution in [1.82, 2.24) is 4.98 Å². The van der Waals surface area contributed by atoms with Crippen molar-refractivity contribution in [2.24, 2.45) is 0 Å². The van der Waals surface area contributed by atoms with Gasteiger partial charge in [0.1, 0.15) is 17.0 Å². The van der Waals surface area contributed by atoms with Gasteiger partial charge in [-0.25, -0.2) is 4.98 Å². The first-order valence-electron chi connectivity index (χ1n) is 5.15. The highest BCUT2D eigenvalue weighted by Gasteiger charge is 1.94. The smallest absolute Gasteiger partial charge is 0.137 e. The third-order valence-electron chi connectivity index (χ3n) is 1.84. The van der Waals surface area contributed by atoms with Crippen molar-refractivity contribution < 1.29 is 9.47 Å². The highest BCUT2D eigenvalue weighted by Crippen LogP contribution is 2.12. The lowest BCUT2D eigenvalue weighted by Crippen LogP contribution is -2.07. The zero-order chi connectivity index (χ0) is 10.9. The zero-order valence-corrected chi connectivity index (χ0v) is 10.5. The van der Waals surface area contributed by atoms with Crippen molar-refractivity contribution in [3.05, 3.63) is 22.9 Å². The Hall–Kier alpha value is -0.610. The van der Waals surface area contributed by atoms with E-state index in [0.29, 0.717) is 13.2 Å². The second-order valence-corrected chi connectivity index (χ2v) is 3.94. The molecule has 1 heterocycles. The molecule has 0 aliphatic carbocycles. The average Bonchev–Trinajstić information content (AvgIpc) is 2.26. The minimum absolute atomic E-state index is 0.576.